The van der Waals surface area contributed by atoms with Crippen LogP contribution in [0, 0.1) is 0 Å². The highest BCUT2D eigenvalue weighted by Crippen LogP contribution is 2.31. The topological polar surface area (TPSA) is 46.2 Å². The van der Waals surface area contributed by atoms with Crippen molar-refractivity contribution in [1.82, 2.24) is 0 Å². The zero-order valence-corrected chi connectivity index (χ0v) is 12.6. The molecule has 118 valence electrons. The largest absolute Gasteiger partial charge is 0.416 e. The molecule has 0 aliphatic heterocycles. The molecule has 0 spiro atoms. The highest BCUT2D eigenvalue weighted by atomic mass is 35.5. The molecule has 0 aliphatic carbocycles. The molecule has 0 saturated carbocycles. The fraction of sp³-hybridized carbons (Fsp3) is 0.143. The molecular formula is C14H11ClF3NO2S. The van der Waals surface area contributed by atoms with Crippen molar-refractivity contribution in [3.63, 3.8) is 0 Å². The Labute approximate surface area is 130 Å². The van der Waals surface area contributed by atoms with E-state index in [4.69, 9.17) is 11.6 Å². The van der Waals surface area contributed by atoms with Crippen LogP contribution in [0.15, 0.2) is 48.5 Å². The quantitative estimate of drug-likeness (QED) is 0.894. The van der Waals surface area contributed by atoms with Gasteiger partial charge >= 0.3 is 6.18 Å². The van der Waals surface area contributed by atoms with Gasteiger partial charge in [-0.05, 0) is 35.9 Å². The second kappa shape index (κ2) is 6.18. The summed E-state index contributed by atoms with van der Waals surface area (Å²) in [5.74, 6) is -0.361. The van der Waals surface area contributed by atoms with Crippen LogP contribution in [0.1, 0.15) is 11.1 Å². The molecule has 2 aromatic rings. The van der Waals surface area contributed by atoms with Gasteiger partial charge in [-0.25, -0.2) is 8.42 Å². The second-order valence-electron chi connectivity index (χ2n) is 4.57. The maximum Gasteiger partial charge on any atom is 0.416 e. The van der Waals surface area contributed by atoms with Gasteiger partial charge in [0.2, 0.25) is 10.0 Å². The first-order chi connectivity index (χ1) is 10.2. The van der Waals surface area contributed by atoms with E-state index in [-0.39, 0.29) is 11.4 Å². The molecule has 22 heavy (non-hydrogen) atoms. The lowest BCUT2D eigenvalue weighted by Crippen LogP contribution is -2.15. The number of hydrogen-bond acceptors (Lipinski definition) is 2. The Morgan fingerprint density at radius 3 is 2.27 bits per heavy atom. The minimum absolute atomic E-state index is 0.135. The van der Waals surface area contributed by atoms with Crippen molar-refractivity contribution in [3.8, 4) is 0 Å². The Bertz CT molecular complexity index is 758. The molecule has 0 radical (unpaired) electrons. The van der Waals surface area contributed by atoms with Gasteiger partial charge in [-0.15, -0.1) is 0 Å². The number of rotatable bonds is 4. The standard InChI is InChI=1S/C14H11ClF3NO2S/c15-12-6-4-10(5-7-12)9-22(20,21)19-13-3-1-2-11(8-13)14(16,17)18/h1-8,19H,9H2. The molecule has 8 heteroatoms. The monoisotopic (exact) mass is 349 g/mol. The maximum absolute atomic E-state index is 12.6. The SMILES string of the molecule is O=S(=O)(Cc1ccc(Cl)cc1)Nc1cccc(C(F)(F)F)c1. The summed E-state index contributed by atoms with van der Waals surface area (Å²) < 4.78 is 63.9. The number of alkyl halides is 3. The van der Waals surface area contributed by atoms with Gasteiger partial charge in [-0.2, -0.15) is 13.2 Å². The summed E-state index contributed by atoms with van der Waals surface area (Å²) in [4.78, 5) is 0. The van der Waals surface area contributed by atoms with Crippen LogP contribution >= 0.6 is 11.6 Å². The Morgan fingerprint density at radius 1 is 1.05 bits per heavy atom. The van der Waals surface area contributed by atoms with E-state index in [1.165, 1.54) is 30.3 Å². The first-order valence-corrected chi connectivity index (χ1v) is 8.11. The predicted octanol–water partition coefficient (Wildman–Crippen LogP) is 4.30. The summed E-state index contributed by atoms with van der Waals surface area (Å²) in [5, 5.41) is 0.465. The van der Waals surface area contributed by atoms with Crippen molar-refractivity contribution in [1.29, 1.82) is 0 Å². The third-order valence-corrected chi connectivity index (χ3v) is 4.25. The molecule has 0 unspecified atom stereocenters. The van der Waals surface area contributed by atoms with Crippen LogP contribution in [0.4, 0.5) is 18.9 Å². The Hall–Kier alpha value is -1.73. The Morgan fingerprint density at radius 2 is 1.68 bits per heavy atom. The molecule has 0 saturated heterocycles. The summed E-state index contributed by atoms with van der Waals surface area (Å²) in [6, 6.07) is 10.2. The first kappa shape index (κ1) is 16.6. The Kier molecular flexibility index (Phi) is 4.67. The molecule has 0 fully saturated rings. The minimum atomic E-state index is -4.53. The average Bonchev–Trinajstić information content (AvgIpc) is 2.40. The van der Waals surface area contributed by atoms with Crippen LogP contribution in [0.25, 0.3) is 0 Å². The Balaban J connectivity index is 2.17. The lowest BCUT2D eigenvalue weighted by Gasteiger charge is -2.11. The number of benzene rings is 2. The summed E-state index contributed by atoms with van der Waals surface area (Å²) >= 11 is 5.70. The number of nitrogens with one attached hydrogen (secondary N) is 1. The normalized spacial score (nSPS) is 12.2. The summed E-state index contributed by atoms with van der Waals surface area (Å²) in [6.45, 7) is 0. The van der Waals surface area contributed by atoms with E-state index in [0.717, 1.165) is 18.2 Å². The molecule has 0 amide bonds. The van der Waals surface area contributed by atoms with E-state index < -0.39 is 21.8 Å². The van der Waals surface area contributed by atoms with E-state index in [1.807, 2.05) is 0 Å². The zero-order chi connectivity index (χ0) is 16.4. The van der Waals surface area contributed by atoms with Gasteiger partial charge in [0.1, 0.15) is 0 Å². The van der Waals surface area contributed by atoms with Gasteiger partial charge in [0.05, 0.1) is 11.3 Å². The number of sulfonamides is 1. The van der Waals surface area contributed by atoms with Crippen LogP contribution in [-0.2, 0) is 22.0 Å². The van der Waals surface area contributed by atoms with Gasteiger partial charge in [0.25, 0.3) is 0 Å². The molecule has 0 bridgehead atoms. The van der Waals surface area contributed by atoms with Crippen molar-refractivity contribution in [2.75, 3.05) is 4.72 Å². The third kappa shape index (κ3) is 4.64. The van der Waals surface area contributed by atoms with E-state index in [2.05, 4.69) is 4.72 Å². The average molecular weight is 350 g/mol. The lowest BCUT2D eigenvalue weighted by molar-refractivity contribution is -0.137. The van der Waals surface area contributed by atoms with E-state index in [9.17, 15) is 21.6 Å². The molecule has 0 atom stereocenters. The van der Waals surface area contributed by atoms with Gasteiger partial charge < -0.3 is 0 Å². The van der Waals surface area contributed by atoms with Crippen molar-refractivity contribution in [2.45, 2.75) is 11.9 Å². The molecule has 0 heterocycles. The summed E-state index contributed by atoms with van der Waals surface area (Å²) in [7, 11) is -3.82. The van der Waals surface area contributed by atoms with Crippen molar-refractivity contribution < 1.29 is 21.6 Å². The first-order valence-electron chi connectivity index (χ1n) is 6.08. The molecule has 2 aromatic carbocycles. The van der Waals surface area contributed by atoms with E-state index in [0.29, 0.717) is 10.6 Å². The molecule has 0 aliphatic rings. The molecule has 3 nitrogen and oxygen atoms in total. The maximum atomic E-state index is 12.6. The fourth-order valence-corrected chi connectivity index (χ4v) is 3.09. The molecular weight excluding hydrogens is 339 g/mol. The third-order valence-electron chi connectivity index (χ3n) is 2.73. The van der Waals surface area contributed by atoms with Crippen molar-refractivity contribution >= 4 is 27.3 Å². The fourth-order valence-electron chi connectivity index (χ4n) is 1.77. The van der Waals surface area contributed by atoms with Crippen LogP contribution in [0.5, 0.6) is 0 Å². The molecule has 0 aromatic heterocycles. The van der Waals surface area contributed by atoms with Gasteiger partial charge in [-0.1, -0.05) is 29.8 Å². The molecule has 2 rings (SSSR count). The number of halogens is 4. The van der Waals surface area contributed by atoms with E-state index >= 15 is 0 Å². The van der Waals surface area contributed by atoms with Gasteiger partial charge in [0, 0.05) is 10.7 Å². The van der Waals surface area contributed by atoms with Crippen LogP contribution < -0.4 is 4.72 Å². The highest BCUT2D eigenvalue weighted by Gasteiger charge is 2.30. The summed E-state index contributed by atoms with van der Waals surface area (Å²) in [6.07, 6.45) is -4.53. The number of hydrogen-bond donors (Lipinski definition) is 1. The zero-order valence-electron chi connectivity index (χ0n) is 11.1. The van der Waals surface area contributed by atoms with Crippen LogP contribution in [0.2, 0.25) is 5.02 Å². The minimum Gasteiger partial charge on any atom is -0.283 e. The predicted molar refractivity (Wildman–Crippen MR) is 79.1 cm³/mol. The second-order valence-corrected chi connectivity index (χ2v) is 6.72. The van der Waals surface area contributed by atoms with Crippen molar-refractivity contribution in [3.05, 3.63) is 64.7 Å². The van der Waals surface area contributed by atoms with E-state index in [1.54, 1.807) is 0 Å². The van der Waals surface area contributed by atoms with Gasteiger partial charge in [0.15, 0.2) is 0 Å². The number of anilines is 1. The van der Waals surface area contributed by atoms with Crippen molar-refractivity contribution in [2.24, 2.45) is 0 Å². The lowest BCUT2D eigenvalue weighted by atomic mass is 10.2. The smallest absolute Gasteiger partial charge is 0.283 e. The summed E-state index contributed by atoms with van der Waals surface area (Å²) in [5.41, 5.74) is -0.577. The van der Waals surface area contributed by atoms with Crippen LogP contribution in [-0.4, -0.2) is 8.42 Å². The van der Waals surface area contributed by atoms with Crippen LogP contribution in [0.3, 0.4) is 0 Å². The molecule has 1 N–H and O–H groups in total. The van der Waals surface area contributed by atoms with Gasteiger partial charge in [-0.3, -0.25) is 4.72 Å². The highest BCUT2D eigenvalue weighted by molar-refractivity contribution is 7.91.